The third kappa shape index (κ3) is 5.56. The molecular weight excluding hydrogens is 575 g/mol. The standard InChI is InChI=1S/C28H22F3N5O5S/c1-39-18-9-6-10-19(40-2)23(18)41-14-36-12-11-17(35-36)26(38)34-22-21-16(15-7-4-3-5-8-15)13-20(28(29,30)31)33-27(21)42-24(22)25(32)37/h3-13H,14H2,1-2H3,(H2,32,37)(H,34,38). The van der Waals surface area contributed by atoms with E-state index in [-0.39, 0.29) is 38.8 Å². The van der Waals surface area contributed by atoms with Crippen molar-refractivity contribution in [1.82, 2.24) is 14.8 Å². The van der Waals surface area contributed by atoms with E-state index in [1.165, 1.54) is 31.2 Å². The zero-order valence-corrected chi connectivity index (χ0v) is 22.9. The predicted octanol–water partition coefficient (Wildman–Crippen LogP) is 5.58. The molecular formula is C28H22F3N5O5S. The number of anilines is 1. The van der Waals surface area contributed by atoms with Gasteiger partial charge < -0.3 is 25.3 Å². The lowest BCUT2D eigenvalue weighted by atomic mass is 10.0. The molecule has 5 aromatic rings. The van der Waals surface area contributed by atoms with Gasteiger partial charge in [0, 0.05) is 11.6 Å². The number of para-hydroxylation sites is 1. The summed E-state index contributed by atoms with van der Waals surface area (Å²) in [4.78, 5) is 29.1. The number of carbonyl (C=O) groups is 2. The van der Waals surface area contributed by atoms with Gasteiger partial charge in [-0.2, -0.15) is 18.3 Å². The largest absolute Gasteiger partial charge is 0.493 e. The highest BCUT2D eigenvalue weighted by molar-refractivity contribution is 7.21. The van der Waals surface area contributed by atoms with Gasteiger partial charge in [-0.25, -0.2) is 9.67 Å². The number of alkyl halides is 3. The Bertz CT molecular complexity index is 1760. The van der Waals surface area contributed by atoms with Crippen LogP contribution in [0, 0.1) is 0 Å². The Morgan fingerprint density at radius 1 is 1.02 bits per heavy atom. The van der Waals surface area contributed by atoms with Gasteiger partial charge in [0.25, 0.3) is 11.8 Å². The molecule has 3 N–H and O–H groups in total. The van der Waals surface area contributed by atoms with Crippen LogP contribution in [0.4, 0.5) is 18.9 Å². The van der Waals surface area contributed by atoms with Crippen molar-refractivity contribution in [2.75, 3.05) is 19.5 Å². The summed E-state index contributed by atoms with van der Waals surface area (Å²) >= 11 is 0.656. The highest BCUT2D eigenvalue weighted by Gasteiger charge is 2.35. The van der Waals surface area contributed by atoms with Crippen LogP contribution in [0.2, 0.25) is 0 Å². The van der Waals surface area contributed by atoms with E-state index in [9.17, 15) is 22.8 Å². The fraction of sp³-hybridized carbons (Fsp3) is 0.143. The number of fused-ring (bicyclic) bond motifs is 1. The maximum Gasteiger partial charge on any atom is 0.433 e. The molecule has 5 rings (SSSR count). The monoisotopic (exact) mass is 597 g/mol. The Balaban J connectivity index is 1.49. The molecule has 14 heteroatoms. The second-order valence-corrected chi connectivity index (χ2v) is 9.73. The van der Waals surface area contributed by atoms with E-state index in [1.54, 1.807) is 48.5 Å². The summed E-state index contributed by atoms with van der Waals surface area (Å²) < 4.78 is 58.9. The van der Waals surface area contributed by atoms with Gasteiger partial charge in [0.05, 0.1) is 19.9 Å². The molecule has 0 saturated carbocycles. The predicted molar refractivity (Wildman–Crippen MR) is 149 cm³/mol. The first kappa shape index (κ1) is 28.4. The van der Waals surface area contributed by atoms with Gasteiger partial charge in [-0.1, -0.05) is 36.4 Å². The maximum atomic E-state index is 13.7. The first-order chi connectivity index (χ1) is 20.1. The van der Waals surface area contributed by atoms with Crippen LogP contribution in [0.1, 0.15) is 25.9 Å². The molecule has 10 nitrogen and oxygen atoms in total. The van der Waals surface area contributed by atoms with E-state index < -0.39 is 23.7 Å². The summed E-state index contributed by atoms with van der Waals surface area (Å²) in [6.07, 6.45) is -3.26. The number of pyridine rings is 1. The lowest BCUT2D eigenvalue weighted by Crippen LogP contribution is -2.18. The maximum absolute atomic E-state index is 13.7. The summed E-state index contributed by atoms with van der Waals surface area (Å²) in [7, 11) is 2.96. The summed E-state index contributed by atoms with van der Waals surface area (Å²) in [6.45, 7) is -0.111. The molecule has 0 saturated heterocycles. The van der Waals surface area contributed by atoms with Crippen LogP contribution in [-0.2, 0) is 12.9 Å². The quantitative estimate of drug-likeness (QED) is 0.227. The van der Waals surface area contributed by atoms with Crippen LogP contribution in [-0.4, -0.2) is 40.8 Å². The molecule has 3 aromatic heterocycles. The zero-order valence-electron chi connectivity index (χ0n) is 22.1. The topological polar surface area (TPSA) is 131 Å². The first-order valence-electron chi connectivity index (χ1n) is 12.2. The van der Waals surface area contributed by atoms with Crippen molar-refractivity contribution in [3.05, 3.63) is 83.1 Å². The molecule has 2 aromatic carbocycles. The number of amides is 2. The van der Waals surface area contributed by atoms with Gasteiger partial charge in [-0.05, 0) is 35.4 Å². The Morgan fingerprint density at radius 3 is 2.33 bits per heavy atom. The smallest absolute Gasteiger partial charge is 0.433 e. The minimum Gasteiger partial charge on any atom is -0.493 e. The highest BCUT2D eigenvalue weighted by Crippen LogP contribution is 2.44. The molecule has 0 atom stereocenters. The van der Waals surface area contributed by atoms with Gasteiger partial charge >= 0.3 is 6.18 Å². The van der Waals surface area contributed by atoms with E-state index in [1.807, 2.05) is 0 Å². The number of nitrogens with two attached hydrogens (primary N) is 1. The minimum absolute atomic E-state index is 0.0542. The molecule has 0 fully saturated rings. The Hall–Kier alpha value is -5.11. The Labute approximate surface area is 240 Å². The fourth-order valence-corrected chi connectivity index (χ4v) is 5.21. The van der Waals surface area contributed by atoms with Crippen LogP contribution in [0.5, 0.6) is 17.2 Å². The van der Waals surface area contributed by atoms with E-state index in [0.717, 1.165) is 6.07 Å². The number of ether oxygens (including phenoxy) is 3. The number of rotatable bonds is 9. The number of nitrogens with one attached hydrogen (secondary N) is 1. The third-order valence-electron chi connectivity index (χ3n) is 6.10. The van der Waals surface area contributed by atoms with E-state index >= 15 is 0 Å². The van der Waals surface area contributed by atoms with E-state index in [4.69, 9.17) is 19.9 Å². The number of carbonyl (C=O) groups excluding carboxylic acids is 2. The van der Waals surface area contributed by atoms with Gasteiger partial charge in [0.15, 0.2) is 23.9 Å². The molecule has 0 unspecified atom stereocenters. The number of nitrogens with zero attached hydrogens (tertiary/aromatic N) is 3. The number of primary amides is 1. The van der Waals surface area contributed by atoms with Crippen molar-refractivity contribution in [2.45, 2.75) is 12.9 Å². The Kier molecular flexibility index (Phi) is 7.72. The lowest BCUT2D eigenvalue weighted by Gasteiger charge is -2.14. The van der Waals surface area contributed by atoms with Crippen molar-refractivity contribution in [2.24, 2.45) is 5.73 Å². The van der Waals surface area contributed by atoms with Crippen LogP contribution in [0.3, 0.4) is 0 Å². The average molecular weight is 598 g/mol. The minimum atomic E-state index is -4.75. The van der Waals surface area contributed by atoms with Crippen LogP contribution in [0.25, 0.3) is 21.3 Å². The molecule has 0 aliphatic heterocycles. The summed E-state index contributed by atoms with van der Waals surface area (Å²) in [5.74, 6) is -0.479. The molecule has 42 heavy (non-hydrogen) atoms. The molecule has 216 valence electrons. The van der Waals surface area contributed by atoms with E-state index in [0.29, 0.717) is 34.1 Å². The van der Waals surface area contributed by atoms with Gasteiger partial charge in [0.1, 0.15) is 15.4 Å². The number of halogens is 3. The molecule has 2 amide bonds. The van der Waals surface area contributed by atoms with Crippen LogP contribution >= 0.6 is 11.3 Å². The molecule has 3 heterocycles. The van der Waals surface area contributed by atoms with Crippen molar-refractivity contribution in [3.8, 4) is 28.4 Å². The SMILES string of the molecule is COc1cccc(OC)c1OCn1ccc(C(=O)Nc2c(C(N)=O)sc3nc(C(F)(F)F)cc(-c4ccccc4)c23)n1. The van der Waals surface area contributed by atoms with Gasteiger partial charge in [0.2, 0.25) is 5.75 Å². The molecule has 0 bridgehead atoms. The number of benzene rings is 2. The first-order valence-corrected chi connectivity index (χ1v) is 13.0. The van der Waals surface area contributed by atoms with Crippen molar-refractivity contribution in [3.63, 3.8) is 0 Å². The fourth-order valence-electron chi connectivity index (χ4n) is 4.20. The van der Waals surface area contributed by atoms with Crippen LogP contribution < -0.4 is 25.3 Å². The highest BCUT2D eigenvalue weighted by atomic mass is 32.1. The molecule has 0 aliphatic rings. The summed E-state index contributed by atoms with van der Waals surface area (Å²) in [5, 5.41) is 6.98. The Morgan fingerprint density at radius 2 is 1.71 bits per heavy atom. The van der Waals surface area contributed by atoms with Crippen molar-refractivity contribution in [1.29, 1.82) is 0 Å². The van der Waals surface area contributed by atoms with Crippen LogP contribution in [0.15, 0.2) is 66.9 Å². The lowest BCUT2D eigenvalue weighted by molar-refractivity contribution is -0.140. The molecule has 0 aliphatic carbocycles. The van der Waals surface area contributed by atoms with Gasteiger partial charge in [-0.3, -0.25) is 9.59 Å². The number of aromatic nitrogens is 3. The second-order valence-electron chi connectivity index (χ2n) is 8.73. The number of methoxy groups -OCH3 is 2. The van der Waals surface area contributed by atoms with Crippen molar-refractivity contribution < 1.29 is 37.0 Å². The number of hydrogen-bond donors (Lipinski definition) is 2. The van der Waals surface area contributed by atoms with Gasteiger partial charge in [-0.15, -0.1) is 11.3 Å². The second kappa shape index (κ2) is 11.4. The average Bonchev–Trinajstić information content (AvgIpc) is 3.60. The normalized spacial score (nSPS) is 11.4. The van der Waals surface area contributed by atoms with E-state index in [2.05, 4.69) is 15.4 Å². The molecule has 0 radical (unpaired) electrons. The molecule has 0 spiro atoms. The van der Waals surface area contributed by atoms with Crippen molar-refractivity contribution >= 4 is 39.1 Å². The summed E-state index contributed by atoms with van der Waals surface area (Å²) in [5.41, 5.74) is 4.85. The number of thiophene rings is 1. The zero-order chi connectivity index (χ0) is 30.0. The number of hydrogen-bond acceptors (Lipinski definition) is 8. The summed E-state index contributed by atoms with van der Waals surface area (Å²) in [6, 6.07) is 15.7. The third-order valence-corrected chi connectivity index (χ3v) is 7.19.